The fourth-order valence-electron chi connectivity index (χ4n) is 2.07. The summed E-state index contributed by atoms with van der Waals surface area (Å²) in [5, 5.41) is 0. The van der Waals surface area contributed by atoms with Gasteiger partial charge in [-0.15, -0.1) is 0 Å². The normalized spacial score (nSPS) is 10.4. The SMILES string of the molecule is CCCOC(=O)c1ccc(OCC(=O)NNC(=O)/C=C/c2ccc(F)cc2)cc1. The lowest BCUT2D eigenvalue weighted by atomic mass is 10.2. The summed E-state index contributed by atoms with van der Waals surface area (Å²) in [5.41, 5.74) is 5.43. The number of hydrogen-bond acceptors (Lipinski definition) is 5. The average molecular weight is 400 g/mol. The molecule has 0 saturated heterocycles. The van der Waals surface area contributed by atoms with Crippen molar-refractivity contribution >= 4 is 23.9 Å². The number of hydrazine groups is 1. The van der Waals surface area contributed by atoms with Crippen LogP contribution in [0.1, 0.15) is 29.3 Å². The van der Waals surface area contributed by atoms with Gasteiger partial charge in [-0.3, -0.25) is 20.4 Å². The first kappa shape index (κ1) is 21.6. The largest absolute Gasteiger partial charge is 0.484 e. The van der Waals surface area contributed by atoms with Crippen molar-refractivity contribution in [2.24, 2.45) is 0 Å². The minimum absolute atomic E-state index is 0.332. The predicted octanol–water partition coefficient (Wildman–Crippen LogP) is 2.63. The molecule has 0 aromatic heterocycles. The monoisotopic (exact) mass is 400 g/mol. The van der Waals surface area contributed by atoms with Gasteiger partial charge in [-0.2, -0.15) is 0 Å². The zero-order chi connectivity index (χ0) is 21.1. The highest BCUT2D eigenvalue weighted by Crippen LogP contribution is 2.13. The number of amides is 2. The maximum absolute atomic E-state index is 12.8. The summed E-state index contributed by atoms with van der Waals surface area (Å²) in [7, 11) is 0. The van der Waals surface area contributed by atoms with Crippen molar-refractivity contribution in [2.45, 2.75) is 13.3 Å². The van der Waals surface area contributed by atoms with Crippen molar-refractivity contribution in [3.05, 3.63) is 71.6 Å². The number of carbonyl (C=O) groups is 3. The molecule has 0 unspecified atom stereocenters. The van der Waals surface area contributed by atoms with Gasteiger partial charge in [-0.05, 0) is 54.5 Å². The maximum Gasteiger partial charge on any atom is 0.338 e. The molecule has 0 fully saturated rings. The van der Waals surface area contributed by atoms with E-state index in [9.17, 15) is 18.8 Å². The Morgan fingerprint density at radius 3 is 2.34 bits per heavy atom. The van der Waals surface area contributed by atoms with Crippen molar-refractivity contribution in [1.29, 1.82) is 0 Å². The molecule has 0 aliphatic heterocycles. The van der Waals surface area contributed by atoms with Gasteiger partial charge in [0.25, 0.3) is 11.8 Å². The molecule has 0 spiro atoms. The van der Waals surface area contributed by atoms with Crippen LogP contribution in [-0.4, -0.2) is 31.0 Å². The van der Waals surface area contributed by atoms with E-state index in [0.717, 1.165) is 6.42 Å². The van der Waals surface area contributed by atoms with Gasteiger partial charge in [-0.1, -0.05) is 19.1 Å². The molecule has 8 heteroatoms. The van der Waals surface area contributed by atoms with Crippen LogP contribution in [0.15, 0.2) is 54.6 Å². The molecule has 0 aliphatic carbocycles. The highest BCUT2D eigenvalue weighted by Gasteiger charge is 2.08. The molecule has 2 aromatic carbocycles. The van der Waals surface area contributed by atoms with Gasteiger partial charge in [-0.25, -0.2) is 9.18 Å². The Kier molecular flexibility index (Phi) is 8.37. The summed E-state index contributed by atoms with van der Waals surface area (Å²) in [6.07, 6.45) is 3.41. The predicted molar refractivity (Wildman–Crippen MR) is 104 cm³/mol. The Morgan fingerprint density at radius 1 is 1.00 bits per heavy atom. The lowest BCUT2D eigenvalue weighted by Crippen LogP contribution is -2.43. The van der Waals surface area contributed by atoms with Gasteiger partial charge in [0, 0.05) is 6.08 Å². The average Bonchev–Trinajstić information content (AvgIpc) is 2.74. The molecule has 2 N–H and O–H groups in total. The summed E-state index contributed by atoms with van der Waals surface area (Å²) >= 11 is 0. The van der Waals surface area contributed by atoms with Crippen LogP contribution >= 0.6 is 0 Å². The number of esters is 1. The van der Waals surface area contributed by atoms with Crippen LogP contribution in [0.3, 0.4) is 0 Å². The molecule has 0 bridgehead atoms. The van der Waals surface area contributed by atoms with Gasteiger partial charge < -0.3 is 9.47 Å². The first-order valence-electron chi connectivity index (χ1n) is 8.90. The lowest BCUT2D eigenvalue weighted by molar-refractivity contribution is -0.128. The molecule has 2 rings (SSSR count). The summed E-state index contributed by atoms with van der Waals surface area (Å²) in [5.74, 6) is -1.54. The maximum atomic E-state index is 12.8. The number of ether oxygens (including phenoxy) is 2. The first-order chi connectivity index (χ1) is 14.0. The molecule has 0 radical (unpaired) electrons. The van der Waals surface area contributed by atoms with Crippen molar-refractivity contribution in [3.63, 3.8) is 0 Å². The summed E-state index contributed by atoms with van der Waals surface area (Å²) in [6, 6.07) is 11.7. The van der Waals surface area contributed by atoms with E-state index < -0.39 is 17.8 Å². The molecule has 7 nitrogen and oxygen atoms in total. The number of halogens is 1. The van der Waals surface area contributed by atoms with Crippen LogP contribution in [0.5, 0.6) is 5.75 Å². The van der Waals surface area contributed by atoms with Crippen LogP contribution < -0.4 is 15.6 Å². The Bertz CT molecular complexity index is 864. The number of rotatable bonds is 8. The Morgan fingerprint density at radius 2 is 1.69 bits per heavy atom. The molecule has 2 aromatic rings. The molecule has 0 heterocycles. The second-order valence-electron chi connectivity index (χ2n) is 5.87. The zero-order valence-corrected chi connectivity index (χ0v) is 15.8. The smallest absolute Gasteiger partial charge is 0.338 e. The van der Waals surface area contributed by atoms with Crippen molar-refractivity contribution in [3.8, 4) is 5.75 Å². The van der Waals surface area contributed by atoms with Crippen LogP contribution in [0.25, 0.3) is 6.08 Å². The summed E-state index contributed by atoms with van der Waals surface area (Å²) < 4.78 is 23.1. The highest BCUT2D eigenvalue weighted by atomic mass is 19.1. The van der Waals surface area contributed by atoms with E-state index in [4.69, 9.17) is 9.47 Å². The van der Waals surface area contributed by atoms with E-state index in [0.29, 0.717) is 23.5 Å². The van der Waals surface area contributed by atoms with E-state index >= 15 is 0 Å². The van der Waals surface area contributed by atoms with Gasteiger partial charge in [0.2, 0.25) is 0 Å². The van der Waals surface area contributed by atoms with Crippen molar-refractivity contribution in [2.75, 3.05) is 13.2 Å². The molecular formula is C21H21FN2O5. The lowest BCUT2D eigenvalue weighted by Gasteiger charge is -2.08. The quantitative estimate of drug-likeness (QED) is 0.404. The topological polar surface area (TPSA) is 93.7 Å². The molecule has 0 atom stereocenters. The van der Waals surface area contributed by atoms with E-state index in [1.54, 1.807) is 12.1 Å². The van der Waals surface area contributed by atoms with Crippen LogP contribution in [-0.2, 0) is 14.3 Å². The van der Waals surface area contributed by atoms with Gasteiger partial charge >= 0.3 is 5.97 Å². The fourth-order valence-corrected chi connectivity index (χ4v) is 2.07. The first-order valence-corrected chi connectivity index (χ1v) is 8.90. The number of carbonyl (C=O) groups excluding carboxylic acids is 3. The molecule has 0 aliphatic rings. The second kappa shape index (κ2) is 11.2. The second-order valence-corrected chi connectivity index (χ2v) is 5.87. The van der Waals surface area contributed by atoms with E-state index in [-0.39, 0.29) is 12.4 Å². The molecule has 2 amide bonds. The van der Waals surface area contributed by atoms with Gasteiger partial charge in [0.1, 0.15) is 11.6 Å². The number of hydrogen-bond donors (Lipinski definition) is 2. The molecule has 29 heavy (non-hydrogen) atoms. The highest BCUT2D eigenvalue weighted by molar-refractivity contribution is 5.93. The third-order valence-electron chi connectivity index (χ3n) is 3.52. The minimum atomic E-state index is -0.569. The molecular weight excluding hydrogens is 379 g/mol. The number of nitrogens with one attached hydrogen (secondary N) is 2. The third kappa shape index (κ3) is 7.84. The van der Waals surface area contributed by atoms with Gasteiger partial charge in [0.05, 0.1) is 12.2 Å². The van der Waals surface area contributed by atoms with Crippen LogP contribution in [0, 0.1) is 5.82 Å². The van der Waals surface area contributed by atoms with Crippen molar-refractivity contribution < 1.29 is 28.2 Å². The Hall–Kier alpha value is -3.68. The zero-order valence-electron chi connectivity index (χ0n) is 15.8. The minimum Gasteiger partial charge on any atom is -0.484 e. The third-order valence-corrected chi connectivity index (χ3v) is 3.52. The van der Waals surface area contributed by atoms with Gasteiger partial charge in [0.15, 0.2) is 6.61 Å². The Labute approximate surface area is 167 Å². The Balaban J connectivity index is 1.71. The van der Waals surface area contributed by atoms with E-state index in [2.05, 4.69) is 10.9 Å². The fraction of sp³-hybridized carbons (Fsp3) is 0.190. The van der Waals surface area contributed by atoms with Crippen LogP contribution in [0.2, 0.25) is 0 Å². The molecule has 0 saturated carbocycles. The standard InChI is InChI=1S/C21H21FN2O5/c1-2-13-28-21(27)16-6-10-18(11-7-16)29-14-20(26)24-23-19(25)12-5-15-3-8-17(22)9-4-15/h3-12H,2,13-14H2,1H3,(H,23,25)(H,24,26)/b12-5+. The van der Waals surface area contributed by atoms with Crippen molar-refractivity contribution in [1.82, 2.24) is 10.9 Å². The van der Waals surface area contributed by atoms with E-state index in [1.165, 1.54) is 48.6 Å². The summed E-state index contributed by atoms with van der Waals surface area (Å²) in [6.45, 7) is 1.92. The molecule has 152 valence electrons. The van der Waals surface area contributed by atoms with E-state index in [1.807, 2.05) is 6.92 Å². The number of benzene rings is 2. The summed E-state index contributed by atoms with van der Waals surface area (Å²) in [4.78, 5) is 35.1. The van der Waals surface area contributed by atoms with Crippen LogP contribution in [0.4, 0.5) is 4.39 Å².